The van der Waals surface area contributed by atoms with E-state index in [-0.39, 0.29) is 85.8 Å². The highest BCUT2D eigenvalue weighted by molar-refractivity contribution is 6.04. The van der Waals surface area contributed by atoms with E-state index < -0.39 is 23.5 Å². The number of nitrogens with zero attached hydrogens (tertiary/aromatic N) is 6. The summed E-state index contributed by atoms with van der Waals surface area (Å²) in [5.74, 6) is -1.84. The number of allylic oxidation sites excluding steroid dienone is 2. The zero-order valence-corrected chi connectivity index (χ0v) is 29.0. The SMILES string of the molecule is CCn1nc(C)c(F)c1C(=O)Nc1nc2cc(C(N)=O)cc(OCCCO)c2n1C/C=C/Cn1c(NC)nc2cc(C(N)=O)cc(OCCCO)c21. The van der Waals surface area contributed by atoms with Gasteiger partial charge in [-0.3, -0.25) is 24.4 Å². The summed E-state index contributed by atoms with van der Waals surface area (Å²) in [7, 11) is 1.70. The zero-order chi connectivity index (χ0) is 37.5. The Kier molecular flexibility index (Phi) is 11.7. The van der Waals surface area contributed by atoms with Crippen molar-refractivity contribution in [2.24, 2.45) is 11.5 Å². The lowest BCUT2D eigenvalue weighted by Crippen LogP contribution is -2.21. The van der Waals surface area contributed by atoms with Crippen molar-refractivity contribution in [1.82, 2.24) is 28.9 Å². The van der Waals surface area contributed by atoms with Crippen LogP contribution in [0.4, 0.5) is 16.3 Å². The fraction of sp³-hybridized carbons (Fsp3) is 0.353. The highest BCUT2D eigenvalue weighted by Gasteiger charge is 2.25. The Morgan fingerprint density at radius 2 is 1.37 bits per heavy atom. The van der Waals surface area contributed by atoms with Gasteiger partial charge in [-0.25, -0.2) is 14.4 Å². The summed E-state index contributed by atoms with van der Waals surface area (Å²) >= 11 is 0. The number of benzene rings is 2. The summed E-state index contributed by atoms with van der Waals surface area (Å²) < 4.78 is 31.7. The average molecular weight is 721 g/mol. The van der Waals surface area contributed by atoms with E-state index in [1.807, 2.05) is 10.6 Å². The highest BCUT2D eigenvalue weighted by Crippen LogP contribution is 2.33. The Labute approximate surface area is 297 Å². The first-order chi connectivity index (χ1) is 25.0. The highest BCUT2D eigenvalue weighted by atomic mass is 19.1. The Hall–Kier alpha value is -6.01. The molecule has 18 heteroatoms. The van der Waals surface area contributed by atoms with E-state index >= 15 is 4.39 Å². The van der Waals surface area contributed by atoms with E-state index in [0.29, 0.717) is 41.1 Å². The van der Waals surface area contributed by atoms with Crippen LogP contribution in [0, 0.1) is 12.7 Å². The molecule has 0 bridgehead atoms. The summed E-state index contributed by atoms with van der Waals surface area (Å²) in [5, 5.41) is 28.5. The van der Waals surface area contributed by atoms with Crippen molar-refractivity contribution in [3.05, 3.63) is 64.7 Å². The Morgan fingerprint density at radius 3 is 1.83 bits per heavy atom. The molecule has 5 aromatic rings. The lowest BCUT2D eigenvalue weighted by atomic mass is 10.1. The Morgan fingerprint density at radius 1 is 0.865 bits per heavy atom. The predicted octanol–water partition coefficient (Wildman–Crippen LogP) is 2.32. The van der Waals surface area contributed by atoms with Crippen molar-refractivity contribution in [2.45, 2.75) is 46.3 Å². The number of aliphatic hydroxyl groups excluding tert-OH is 2. The van der Waals surface area contributed by atoms with Gasteiger partial charge in [-0.05, 0) is 38.1 Å². The molecular formula is C34H41FN10O7. The summed E-state index contributed by atoms with van der Waals surface area (Å²) in [6.07, 6.45) is 4.30. The molecule has 0 saturated heterocycles. The molecule has 276 valence electrons. The fourth-order valence-corrected chi connectivity index (χ4v) is 5.63. The van der Waals surface area contributed by atoms with Gasteiger partial charge in [0.25, 0.3) is 5.91 Å². The lowest BCUT2D eigenvalue weighted by Gasteiger charge is -2.13. The molecule has 0 atom stereocenters. The molecule has 2 aromatic carbocycles. The zero-order valence-electron chi connectivity index (χ0n) is 29.0. The summed E-state index contributed by atoms with van der Waals surface area (Å²) in [6, 6.07) is 6.02. The maximum Gasteiger partial charge on any atom is 0.279 e. The largest absolute Gasteiger partial charge is 0.491 e. The van der Waals surface area contributed by atoms with Gasteiger partial charge in [0, 0.05) is 63.9 Å². The number of ether oxygens (including phenoxy) is 2. The van der Waals surface area contributed by atoms with Crippen LogP contribution in [-0.2, 0) is 19.6 Å². The topological polar surface area (TPSA) is 240 Å². The molecule has 17 nitrogen and oxygen atoms in total. The van der Waals surface area contributed by atoms with Crippen molar-refractivity contribution >= 4 is 51.7 Å². The molecule has 0 saturated carbocycles. The van der Waals surface area contributed by atoms with Crippen molar-refractivity contribution < 1.29 is 38.5 Å². The van der Waals surface area contributed by atoms with Gasteiger partial charge < -0.3 is 45.6 Å². The van der Waals surface area contributed by atoms with Gasteiger partial charge in [-0.2, -0.15) is 5.10 Å². The summed E-state index contributed by atoms with van der Waals surface area (Å²) in [5.41, 5.74) is 13.0. The number of carbonyl (C=O) groups is 3. The maximum atomic E-state index is 15.0. The van der Waals surface area contributed by atoms with Crippen LogP contribution in [0.25, 0.3) is 22.1 Å². The molecule has 8 N–H and O–H groups in total. The monoisotopic (exact) mass is 720 g/mol. The first kappa shape index (κ1) is 37.3. The van der Waals surface area contributed by atoms with Gasteiger partial charge in [0.15, 0.2) is 11.5 Å². The van der Waals surface area contributed by atoms with Crippen molar-refractivity contribution in [3.63, 3.8) is 0 Å². The van der Waals surface area contributed by atoms with Crippen LogP contribution in [0.15, 0.2) is 36.4 Å². The number of amides is 3. The van der Waals surface area contributed by atoms with Gasteiger partial charge in [0.1, 0.15) is 22.5 Å². The number of anilines is 2. The molecule has 0 fully saturated rings. The van der Waals surface area contributed by atoms with E-state index in [9.17, 15) is 24.6 Å². The van der Waals surface area contributed by atoms with Gasteiger partial charge >= 0.3 is 0 Å². The molecule has 0 radical (unpaired) electrons. The van der Waals surface area contributed by atoms with Gasteiger partial charge in [0.05, 0.1) is 29.9 Å². The second-order valence-electron chi connectivity index (χ2n) is 11.6. The number of aryl methyl sites for hydroxylation is 2. The number of rotatable bonds is 18. The molecule has 0 unspecified atom stereocenters. The number of imidazole rings is 2. The Balaban J connectivity index is 1.56. The summed E-state index contributed by atoms with van der Waals surface area (Å²) in [6.45, 7) is 3.89. The van der Waals surface area contributed by atoms with Crippen LogP contribution >= 0.6 is 0 Å². The van der Waals surface area contributed by atoms with Crippen LogP contribution in [0.3, 0.4) is 0 Å². The molecule has 3 heterocycles. The number of nitrogens with one attached hydrogen (secondary N) is 2. The second kappa shape index (κ2) is 16.3. The molecule has 3 aromatic heterocycles. The van der Waals surface area contributed by atoms with Crippen LogP contribution in [-0.4, -0.2) is 90.3 Å². The van der Waals surface area contributed by atoms with Gasteiger partial charge in [-0.15, -0.1) is 0 Å². The molecule has 52 heavy (non-hydrogen) atoms. The second-order valence-corrected chi connectivity index (χ2v) is 11.6. The number of hydrogen-bond acceptors (Lipinski definition) is 11. The van der Waals surface area contributed by atoms with E-state index in [0.717, 1.165) is 0 Å². The van der Waals surface area contributed by atoms with Crippen LogP contribution < -0.4 is 31.6 Å². The van der Waals surface area contributed by atoms with Gasteiger partial charge in [-0.1, -0.05) is 12.2 Å². The molecule has 0 aliphatic carbocycles. The van der Waals surface area contributed by atoms with E-state index in [4.69, 9.17) is 20.9 Å². The number of aromatic nitrogens is 6. The lowest BCUT2D eigenvalue weighted by molar-refractivity contribution is 0.0991. The maximum absolute atomic E-state index is 15.0. The quantitative estimate of drug-likeness (QED) is 0.0567. The predicted molar refractivity (Wildman–Crippen MR) is 190 cm³/mol. The number of aliphatic hydroxyl groups is 2. The van der Waals surface area contributed by atoms with Gasteiger partial charge in [0.2, 0.25) is 23.7 Å². The Bertz CT molecular complexity index is 2150. The van der Waals surface area contributed by atoms with E-state index in [2.05, 4.69) is 25.7 Å². The van der Waals surface area contributed by atoms with E-state index in [1.54, 1.807) is 30.7 Å². The molecule has 3 amide bonds. The molecular weight excluding hydrogens is 679 g/mol. The molecule has 5 rings (SSSR count). The normalized spacial score (nSPS) is 11.5. The third-order valence-corrected chi connectivity index (χ3v) is 8.06. The fourth-order valence-electron chi connectivity index (χ4n) is 5.63. The minimum Gasteiger partial charge on any atom is -0.491 e. The van der Waals surface area contributed by atoms with Crippen molar-refractivity contribution in [2.75, 3.05) is 44.1 Å². The van der Waals surface area contributed by atoms with Crippen LogP contribution in [0.5, 0.6) is 11.5 Å². The number of primary amides is 2. The van der Waals surface area contributed by atoms with Crippen molar-refractivity contribution in [1.29, 1.82) is 0 Å². The van der Waals surface area contributed by atoms with Crippen LogP contribution in [0.2, 0.25) is 0 Å². The van der Waals surface area contributed by atoms with E-state index in [1.165, 1.54) is 29.8 Å². The number of halogens is 1. The van der Waals surface area contributed by atoms with Crippen molar-refractivity contribution in [3.8, 4) is 11.5 Å². The minimum atomic E-state index is -0.786. The average Bonchev–Trinajstić information content (AvgIpc) is 3.76. The third-order valence-electron chi connectivity index (χ3n) is 8.06. The molecule has 0 aliphatic rings. The smallest absolute Gasteiger partial charge is 0.279 e. The number of carbonyl (C=O) groups excluding carboxylic acids is 3. The van der Waals surface area contributed by atoms with Crippen LogP contribution in [0.1, 0.15) is 56.7 Å². The molecule has 0 spiro atoms. The third kappa shape index (κ3) is 7.66. The number of hydrogen-bond donors (Lipinski definition) is 6. The first-order valence-electron chi connectivity index (χ1n) is 16.5. The standard InChI is InChI=1S/C34H41FN10O7/c1-4-45-29(26(35)19(2)42-45)32(50)41-34-40-23-16-21(31(37)49)18-25(52-14-8-12-47)28(23)44(34)10-6-5-9-43-27-22(39-33(43)38-3)15-20(30(36)48)17-24(27)51-13-7-11-46/h5-6,15-18,46-47H,4,7-14H2,1-3H3,(H2,36,48)(H2,37,49)(H,38,39)(H,40,41,50)/b6-5+. The number of fused-ring (bicyclic) bond motifs is 2. The minimum absolute atomic E-state index is 0.0294. The number of nitrogens with two attached hydrogens (primary N) is 2. The first-order valence-corrected chi connectivity index (χ1v) is 16.5. The summed E-state index contributed by atoms with van der Waals surface area (Å²) in [4.78, 5) is 47.0. The molecule has 0 aliphatic heterocycles.